The lowest BCUT2D eigenvalue weighted by Gasteiger charge is -2.34. The topological polar surface area (TPSA) is 102 Å². The van der Waals surface area contributed by atoms with Crippen molar-refractivity contribution in [3.8, 4) is 17.0 Å². The third-order valence-electron chi connectivity index (χ3n) is 5.76. The van der Waals surface area contributed by atoms with E-state index in [0.717, 1.165) is 29.1 Å². The highest BCUT2D eigenvalue weighted by molar-refractivity contribution is 7.87. The molecule has 0 aliphatic rings. The number of hydrogen-bond donors (Lipinski definition) is 2. The minimum atomic E-state index is -4.05. The molecule has 0 radical (unpaired) electrons. The number of carbonyl (C=O) groups is 1. The number of nitrogens with one attached hydrogen (secondary N) is 2. The van der Waals surface area contributed by atoms with Crippen LogP contribution in [-0.4, -0.2) is 29.2 Å². The van der Waals surface area contributed by atoms with Gasteiger partial charge in [-0.3, -0.25) is 9.20 Å². The molecule has 0 atom stereocenters. The van der Waals surface area contributed by atoms with Crippen molar-refractivity contribution in [3.05, 3.63) is 72.9 Å². The molecule has 0 saturated carbocycles. The first kappa shape index (κ1) is 27.2. The van der Waals surface area contributed by atoms with Crippen LogP contribution >= 0.6 is 0 Å². The van der Waals surface area contributed by atoms with Gasteiger partial charge in [-0.1, -0.05) is 26.8 Å². The van der Waals surface area contributed by atoms with Gasteiger partial charge in [0.1, 0.15) is 27.8 Å². The van der Waals surface area contributed by atoms with Gasteiger partial charge in [0.25, 0.3) is 0 Å². The number of amides is 1. The number of imidazole rings is 1. The zero-order valence-corrected chi connectivity index (χ0v) is 23.4. The van der Waals surface area contributed by atoms with Crippen molar-refractivity contribution in [1.29, 1.82) is 0 Å². The van der Waals surface area contributed by atoms with Crippen LogP contribution in [0.4, 0.5) is 11.5 Å². The SMILES string of the molecule is CC(=O)Nc1ccc(S(=O)(=O)Oc2ccc(-c3nc4ccccn4c3NC(C)(C)CC(C)(C)C)cc2)cc1. The summed E-state index contributed by atoms with van der Waals surface area (Å²) in [7, 11) is -4.05. The fourth-order valence-corrected chi connectivity index (χ4v) is 5.69. The van der Waals surface area contributed by atoms with E-state index in [0.29, 0.717) is 5.69 Å². The Hall–Kier alpha value is -3.85. The molecule has 4 aromatic rings. The van der Waals surface area contributed by atoms with E-state index >= 15 is 0 Å². The van der Waals surface area contributed by atoms with Crippen LogP contribution in [0.15, 0.2) is 77.8 Å². The Morgan fingerprint density at radius 2 is 1.61 bits per heavy atom. The molecule has 38 heavy (non-hydrogen) atoms. The molecule has 0 unspecified atom stereocenters. The van der Waals surface area contributed by atoms with E-state index in [1.54, 1.807) is 24.3 Å². The van der Waals surface area contributed by atoms with E-state index in [-0.39, 0.29) is 27.5 Å². The van der Waals surface area contributed by atoms with Crippen molar-refractivity contribution < 1.29 is 17.4 Å². The largest absolute Gasteiger partial charge is 0.379 e. The molecule has 9 heteroatoms. The first-order chi connectivity index (χ1) is 17.7. The number of carbonyl (C=O) groups excluding carboxylic acids is 1. The van der Waals surface area contributed by atoms with Crippen molar-refractivity contribution in [2.24, 2.45) is 5.41 Å². The third kappa shape index (κ3) is 6.52. The Bertz CT molecular complexity index is 1550. The Morgan fingerprint density at radius 3 is 2.21 bits per heavy atom. The molecule has 2 N–H and O–H groups in total. The highest BCUT2D eigenvalue weighted by Gasteiger charge is 2.28. The molecule has 1 amide bonds. The van der Waals surface area contributed by atoms with Crippen molar-refractivity contribution in [1.82, 2.24) is 9.38 Å². The van der Waals surface area contributed by atoms with Crippen LogP contribution in [0.25, 0.3) is 16.9 Å². The van der Waals surface area contributed by atoms with Crippen LogP contribution in [0.1, 0.15) is 48.0 Å². The van der Waals surface area contributed by atoms with E-state index in [9.17, 15) is 13.2 Å². The maximum Gasteiger partial charge on any atom is 0.339 e. The molecule has 8 nitrogen and oxygen atoms in total. The minimum absolute atomic E-state index is 0.0106. The lowest BCUT2D eigenvalue weighted by Crippen LogP contribution is -2.36. The molecule has 0 aliphatic carbocycles. The standard InChI is InChI=1S/C29H34N4O4S/c1-20(34)30-22-12-16-24(17-13-22)38(35,36)37-23-14-10-21(11-15-23)26-27(32-29(5,6)19-28(2,3)4)33-18-8-7-9-25(33)31-26/h7-18,32H,19H2,1-6H3,(H,30,34). The second kappa shape index (κ2) is 10.1. The molecule has 0 fully saturated rings. The molecule has 0 saturated heterocycles. The van der Waals surface area contributed by atoms with Gasteiger partial charge in [-0.05, 0) is 86.3 Å². The predicted molar refractivity (Wildman–Crippen MR) is 151 cm³/mol. The molecule has 2 aromatic carbocycles. The average molecular weight is 535 g/mol. The van der Waals surface area contributed by atoms with Gasteiger partial charge < -0.3 is 14.8 Å². The summed E-state index contributed by atoms with van der Waals surface area (Å²) in [6.07, 6.45) is 2.92. The summed E-state index contributed by atoms with van der Waals surface area (Å²) in [6, 6.07) is 18.5. The molecule has 0 spiro atoms. The Morgan fingerprint density at radius 1 is 0.947 bits per heavy atom. The van der Waals surface area contributed by atoms with E-state index in [1.807, 2.05) is 28.8 Å². The molecule has 2 heterocycles. The molecular weight excluding hydrogens is 500 g/mol. The second-order valence-electron chi connectivity index (χ2n) is 11.3. The van der Waals surface area contributed by atoms with Crippen LogP contribution < -0.4 is 14.8 Å². The smallest absolute Gasteiger partial charge is 0.339 e. The van der Waals surface area contributed by atoms with E-state index < -0.39 is 10.1 Å². The van der Waals surface area contributed by atoms with Gasteiger partial charge in [0, 0.05) is 29.9 Å². The molecule has 4 rings (SSSR count). The van der Waals surface area contributed by atoms with Crippen LogP contribution in [0.3, 0.4) is 0 Å². The maximum absolute atomic E-state index is 12.8. The van der Waals surface area contributed by atoms with E-state index in [4.69, 9.17) is 9.17 Å². The summed E-state index contributed by atoms with van der Waals surface area (Å²) in [5.41, 5.74) is 2.83. The monoisotopic (exact) mass is 534 g/mol. The van der Waals surface area contributed by atoms with Gasteiger partial charge in [-0.25, -0.2) is 4.98 Å². The van der Waals surface area contributed by atoms with Crippen LogP contribution in [0, 0.1) is 5.41 Å². The number of hydrogen-bond acceptors (Lipinski definition) is 6. The molecule has 0 bridgehead atoms. The number of fused-ring (bicyclic) bond motifs is 1. The predicted octanol–water partition coefficient (Wildman–Crippen LogP) is 6.35. The molecular formula is C29H34N4O4S. The number of benzene rings is 2. The zero-order valence-electron chi connectivity index (χ0n) is 22.6. The summed E-state index contributed by atoms with van der Waals surface area (Å²) in [5.74, 6) is 0.820. The first-order valence-corrected chi connectivity index (χ1v) is 13.8. The van der Waals surface area contributed by atoms with E-state index in [1.165, 1.54) is 31.2 Å². The fraction of sp³-hybridized carbons (Fsp3) is 0.310. The van der Waals surface area contributed by atoms with Gasteiger partial charge in [-0.2, -0.15) is 8.42 Å². The van der Waals surface area contributed by atoms with Gasteiger partial charge in [0.2, 0.25) is 5.91 Å². The number of nitrogens with zero attached hydrogens (tertiary/aromatic N) is 2. The zero-order chi connectivity index (χ0) is 27.7. The van der Waals surface area contributed by atoms with Gasteiger partial charge in [0.15, 0.2) is 0 Å². The summed E-state index contributed by atoms with van der Waals surface area (Å²) in [4.78, 5) is 16.0. The minimum Gasteiger partial charge on any atom is -0.379 e. The number of aromatic nitrogens is 2. The highest BCUT2D eigenvalue weighted by atomic mass is 32.2. The summed E-state index contributed by atoms with van der Waals surface area (Å²) in [6.45, 7) is 12.4. The Labute approximate surface area is 224 Å². The molecule has 0 aliphatic heterocycles. The van der Waals surface area contributed by atoms with Crippen molar-refractivity contribution >= 4 is 33.2 Å². The average Bonchev–Trinajstić information content (AvgIpc) is 3.15. The van der Waals surface area contributed by atoms with Crippen LogP contribution in [0.2, 0.25) is 0 Å². The van der Waals surface area contributed by atoms with Crippen LogP contribution in [0.5, 0.6) is 5.75 Å². The maximum atomic E-state index is 12.8. The Kier molecular flexibility index (Phi) is 7.25. The van der Waals surface area contributed by atoms with Crippen molar-refractivity contribution in [2.45, 2.75) is 58.4 Å². The third-order valence-corrected chi connectivity index (χ3v) is 7.02. The van der Waals surface area contributed by atoms with Gasteiger partial charge >= 0.3 is 10.1 Å². The lowest BCUT2D eigenvalue weighted by molar-refractivity contribution is -0.114. The van der Waals surface area contributed by atoms with Gasteiger partial charge in [-0.15, -0.1) is 0 Å². The molecule has 2 aromatic heterocycles. The summed E-state index contributed by atoms with van der Waals surface area (Å²) in [5, 5.41) is 6.31. The normalized spacial score (nSPS) is 12.4. The quantitative estimate of drug-likeness (QED) is 0.255. The second-order valence-corrected chi connectivity index (χ2v) is 12.8. The Balaban J connectivity index is 1.60. The van der Waals surface area contributed by atoms with Crippen molar-refractivity contribution in [2.75, 3.05) is 10.6 Å². The number of anilines is 2. The fourth-order valence-electron chi connectivity index (χ4n) is 4.76. The number of rotatable bonds is 8. The number of pyridine rings is 1. The lowest BCUT2D eigenvalue weighted by atomic mass is 9.82. The van der Waals surface area contributed by atoms with Crippen molar-refractivity contribution in [3.63, 3.8) is 0 Å². The summed E-state index contributed by atoms with van der Waals surface area (Å²) >= 11 is 0. The van der Waals surface area contributed by atoms with Crippen LogP contribution in [-0.2, 0) is 14.9 Å². The molecule has 200 valence electrons. The first-order valence-electron chi connectivity index (χ1n) is 12.4. The highest BCUT2D eigenvalue weighted by Crippen LogP contribution is 2.35. The van der Waals surface area contributed by atoms with Gasteiger partial charge in [0.05, 0.1) is 0 Å². The van der Waals surface area contributed by atoms with E-state index in [2.05, 4.69) is 45.3 Å². The summed E-state index contributed by atoms with van der Waals surface area (Å²) < 4.78 is 33.0.